The van der Waals surface area contributed by atoms with E-state index in [0.717, 1.165) is 11.1 Å². The molecule has 2 N–H and O–H groups in total. The molecule has 1 aliphatic rings. The Morgan fingerprint density at radius 3 is 2.57 bits per heavy atom. The molecular formula is C27H38BrN5O4. The van der Waals surface area contributed by atoms with Crippen molar-refractivity contribution in [2.24, 2.45) is 23.2 Å². The lowest BCUT2D eigenvalue weighted by Crippen LogP contribution is -2.48. The number of esters is 1. The van der Waals surface area contributed by atoms with Crippen molar-refractivity contribution < 1.29 is 14.3 Å². The summed E-state index contributed by atoms with van der Waals surface area (Å²) >= 11 is 3.42. The highest BCUT2D eigenvalue weighted by Gasteiger charge is 2.43. The summed E-state index contributed by atoms with van der Waals surface area (Å²) in [7, 11) is 0. The summed E-state index contributed by atoms with van der Waals surface area (Å²) in [6.07, 6.45) is 5.72. The molecule has 0 saturated heterocycles. The van der Waals surface area contributed by atoms with Gasteiger partial charge in [-0.25, -0.2) is 4.68 Å². The smallest absolute Gasteiger partial charge is 0.308 e. The number of pyridine rings is 1. The minimum absolute atomic E-state index is 0.0360. The van der Waals surface area contributed by atoms with Gasteiger partial charge in [0.05, 0.1) is 31.0 Å². The fourth-order valence-electron chi connectivity index (χ4n) is 5.05. The van der Waals surface area contributed by atoms with Gasteiger partial charge >= 0.3 is 5.97 Å². The lowest BCUT2D eigenvalue weighted by molar-refractivity contribution is -0.143. The summed E-state index contributed by atoms with van der Waals surface area (Å²) < 4.78 is 6.50. The van der Waals surface area contributed by atoms with Crippen LogP contribution in [0.5, 0.6) is 0 Å². The van der Waals surface area contributed by atoms with Crippen LogP contribution in [0.3, 0.4) is 0 Å². The molecule has 0 radical (unpaired) electrons. The van der Waals surface area contributed by atoms with E-state index in [9.17, 15) is 14.4 Å². The highest BCUT2D eigenvalue weighted by molar-refractivity contribution is 9.10. The van der Waals surface area contributed by atoms with E-state index in [4.69, 9.17) is 4.74 Å². The number of carbonyl (C=O) groups is 2. The Bertz CT molecular complexity index is 1150. The van der Waals surface area contributed by atoms with Crippen LogP contribution >= 0.6 is 15.9 Å². The standard InChI is InChI=1S/C27H38BrN5O4/c1-7-37-24(35)13-21(19-8-10-29-11-9-19)32-23(34)15-33-26(36)25(28)22(14-30-33)31-20-12-16(2)27(5,6)18(4)17(20)3/h8-11,14,16-18,20-21,31H,7,12-13,15H2,1-6H3,(H,32,34)/t16-,17+,18+,20+,21?/m0/s1. The minimum Gasteiger partial charge on any atom is -0.466 e. The number of carbonyl (C=O) groups excluding carboxylic acids is 2. The quantitative estimate of drug-likeness (QED) is 0.427. The first-order chi connectivity index (χ1) is 17.4. The molecule has 202 valence electrons. The summed E-state index contributed by atoms with van der Waals surface area (Å²) in [4.78, 5) is 42.0. The van der Waals surface area contributed by atoms with Crippen molar-refractivity contribution in [1.29, 1.82) is 0 Å². The Kier molecular flexibility index (Phi) is 9.50. The van der Waals surface area contributed by atoms with Crippen LogP contribution in [0.2, 0.25) is 0 Å². The van der Waals surface area contributed by atoms with Crippen molar-refractivity contribution in [2.75, 3.05) is 11.9 Å². The average Bonchev–Trinajstić information content (AvgIpc) is 2.86. The zero-order valence-electron chi connectivity index (χ0n) is 22.5. The maximum atomic E-state index is 13.0. The lowest BCUT2D eigenvalue weighted by Gasteiger charge is -2.50. The number of aromatic nitrogens is 3. The fraction of sp³-hybridized carbons (Fsp3) is 0.593. The van der Waals surface area contributed by atoms with Gasteiger partial charge in [0.1, 0.15) is 11.0 Å². The number of anilines is 1. The number of nitrogens with one attached hydrogen (secondary N) is 2. The summed E-state index contributed by atoms with van der Waals surface area (Å²) in [5.74, 6) is 0.569. The number of amides is 1. The van der Waals surface area contributed by atoms with E-state index in [1.54, 1.807) is 37.6 Å². The molecule has 2 aromatic heterocycles. The Morgan fingerprint density at radius 1 is 1.24 bits per heavy atom. The normalized spacial score (nSPS) is 23.6. The van der Waals surface area contributed by atoms with Gasteiger partial charge in [-0.1, -0.05) is 34.6 Å². The van der Waals surface area contributed by atoms with Crippen molar-refractivity contribution >= 4 is 33.5 Å². The van der Waals surface area contributed by atoms with E-state index in [0.29, 0.717) is 33.5 Å². The third kappa shape index (κ3) is 6.77. The van der Waals surface area contributed by atoms with Crippen LogP contribution in [0.1, 0.15) is 66.0 Å². The van der Waals surface area contributed by atoms with Crippen molar-refractivity contribution in [3.8, 4) is 0 Å². The first-order valence-electron chi connectivity index (χ1n) is 12.8. The van der Waals surface area contributed by atoms with Crippen molar-refractivity contribution in [2.45, 2.75) is 73.0 Å². The number of halogens is 1. The predicted octanol–water partition coefficient (Wildman–Crippen LogP) is 4.33. The first kappa shape index (κ1) is 28.8. The maximum Gasteiger partial charge on any atom is 0.308 e. The molecule has 0 spiro atoms. The average molecular weight is 577 g/mol. The summed E-state index contributed by atoms with van der Waals surface area (Å²) in [6, 6.07) is 3.04. The Morgan fingerprint density at radius 2 is 1.92 bits per heavy atom. The molecule has 0 aliphatic heterocycles. The highest BCUT2D eigenvalue weighted by Crippen LogP contribution is 2.48. The molecule has 1 saturated carbocycles. The third-order valence-corrected chi connectivity index (χ3v) is 8.98. The fourth-order valence-corrected chi connectivity index (χ4v) is 5.47. The topological polar surface area (TPSA) is 115 Å². The first-order valence-corrected chi connectivity index (χ1v) is 13.6. The maximum absolute atomic E-state index is 13.0. The van der Waals surface area contributed by atoms with Gasteiger partial charge in [0.25, 0.3) is 5.56 Å². The van der Waals surface area contributed by atoms with Gasteiger partial charge in [-0.3, -0.25) is 19.4 Å². The van der Waals surface area contributed by atoms with Crippen LogP contribution in [-0.2, 0) is 20.9 Å². The van der Waals surface area contributed by atoms with Crippen LogP contribution in [0, 0.1) is 23.2 Å². The number of hydrogen-bond acceptors (Lipinski definition) is 7. The molecule has 2 aromatic rings. The highest BCUT2D eigenvalue weighted by atomic mass is 79.9. The molecule has 5 atom stereocenters. The molecule has 9 nitrogen and oxygen atoms in total. The van der Waals surface area contributed by atoms with Crippen LogP contribution in [0.15, 0.2) is 40.0 Å². The molecule has 10 heteroatoms. The van der Waals surface area contributed by atoms with Crippen LogP contribution in [-0.4, -0.2) is 39.3 Å². The van der Waals surface area contributed by atoms with Crippen LogP contribution in [0.25, 0.3) is 0 Å². The predicted molar refractivity (Wildman–Crippen MR) is 146 cm³/mol. The molecule has 1 amide bonds. The molecule has 1 unspecified atom stereocenters. The third-order valence-electron chi connectivity index (χ3n) is 8.21. The van der Waals surface area contributed by atoms with Crippen molar-refractivity contribution in [1.82, 2.24) is 20.1 Å². The molecule has 1 fully saturated rings. The number of rotatable bonds is 9. The van der Waals surface area contributed by atoms with E-state index in [2.05, 4.69) is 71.3 Å². The minimum atomic E-state index is -0.615. The van der Waals surface area contributed by atoms with Gasteiger partial charge in [-0.2, -0.15) is 5.10 Å². The number of nitrogens with zero attached hydrogens (tertiary/aromatic N) is 3. The van der Waals surface area contributed by atoms with Crippen LogP contribution < -0.4 is 16.2 Å². The second kappa shape index (κ2) is 12.2. The van der Waals surface area contributed by atoms with Gasteiger partial charge in [-0.15, -0.1) is 0 Å². The van der Waals surface area contributed by atoms with E-state index in [-0.39, 0.29) is 31.0 Å². The van der Waals surface area contributed by atoms with Crippen molar-refractivity contribution in [3.63, 3.8) is 0 Å². The lowest BCUT2D eigenvalue weighted by atomic mass is 9.58. The van der Waals surface area contributed by atoms with Crippen LogP contribution in [0.4, 0.5) is 5.69 Å². The monoisotopic (exact) mass is 575 g/mol. The van der Waals surface area contributed by atoms with Gasteiger partial charge < -0.3 is 15.4 Å². The largest absolute Gasteiger partial charge is 0.466 e. The summed E-state index contributed by atoms with van der Waals surface area (Å²) in [5.41, 5.74) is 1.17. The van der Waals surface area contributed by atoms with E-state index < -0.39 is 23.5 Å². The molecular weight excluding hydrogens is 538 g/mol. The molecule has 37 heavy (non-hydrogen) atoms. The van der Waals surface area contributed by atoms with E-state index in [1.165, 1.54) is 0 Å². The second-order valence-corrected chi connectivity index (χ2v) is 11.4. The second-order valence-electron chi connectivity index (χ2n) is 10.6. The van der Waals surface area contributed by atoms with E-state index in [1.807, 2.05) is 0 Å². The van der Waals surface area contributed by atoms with Crippen molar-refractivity contribution in [3.05, 3.63) is 51.1 Å². The van der Waals surface area contributed by atoms with Gasteiger partial charge in [0.15, 0.2) is 0 Å². The molecule has 1 aliphatic carbocycles. The molecule has 2 heterocycles. The zero-order valence-corrected chi connectivity index (χ0v) is 24.0. The molecule has 0 bridgehead atoms. The summed E-state index contributed by atoms with van der Waals surface area (Å²) in [6.45, 7) is 13.2. The molecule has 0 aromatic carbocycles. The Balaban J connectivity index is 1.72. The number of ether oxygens (including phenoxy) is 1. The van der Waals surface area contributed by atoms with Gasteiger partial charge in [0.2, 0.25) is 5.91 Å². The van der Waals surface area contributed by atoms with E-state index >= 15 is 0 Å². The summed E-state index contributed by atoms with van der Waals surface area (Å²) in [5, 5.41) is 10.6. The Hall–Kier alpha value is -2.75. The van der Waals surface area contributed by atoms with Gasteiger partial charge in [0, 0.05) is 18.4 Å². The van der Waals surface area contributed by atoms with Gasteiger partial charge in [-0.05, 0) is 70.1 Å². The zero-order chi connectivity index (χ0) is 27.3. The number of hydrogen-bond donors (Lipinski definition) is 2. The Labute approximate surface area is 226 Å². The molecule has 3 rings (SSSR count). The SMILES string of the molecule is CCOC(=O)CC(NC(=O)Cn1ncc(N[C@@H]2C[C@H](C)C(C)(C)[C@H](C)[C@H]2C)c(Br)c1=O)c1ccncc1.